The number of hydrogen-bond acceptors (Lipinski definition) is 3. The van der Waals surface area contributed by atoms with Crippen molar-refractivity contribution in [3.63, 3.8) is 0 Å². The van der Waals surface area contributed by atoms with Crippen LogP contribution in [0.4, 0.5) is 11.5 Å². The molecule has 1 N–H and O–H groups in total. The maximum absolute atomic E-state index is 11.9. The van der Waals surface area contributed by atoms with Gasteiger partial charge in [-0.2, -0.15) is 0 Å². The fourth-order valence-electron chi connectivity index (χ4n) is 1.81. The lowest BCUT2D eigenvalue weighted by Gasteiger charge is -2.21. The first-order valence-corrected chi connectivity index (χ1v) is 6.83. The number of carbonyl (C=O) groups is 2. The third-order valence-corrected chi connectivity index (χ3v) is 3.28. The number of nitrogens with zero attached hydrogens (tertiary/aromatic N) is 2. The van der Waals surface area contributed by atoms with Gasteiger partial charge in [-0.1, -0.05) is 6.07 Å². The van der Waals surface area contributed by atoms with Crippen molar-refractivity contribution < 1.29 is 14.7 Å². The third kappa shape index (κ3) is 2.96. The van der Waals surface area contributed by atoms with E-state index in [9.17, 15) is 14.7 Å². The van der Waals surface area contributed by atoms with Crippen LogP contribution in [-0.2, 0) is 4.79 Å². The summed E-state index contributed by atoms with van der Waals surface area (Å²) < 4.78 is 0.944. The molecule has 1 amide bonds. The molecule has 0 spiro atoms. The molecule has 0 aliphatic carbocycles. The van der Waals surface area contributed by atoms with Crippen molar-refractivity contribution in [2.75, 3.05) is 4.90 Å². The maximum atomic E-state index is 11.9. The lowest BCUT2D eigenvalue weighted by atomic mass is 10.2. The summed E-state index contributed by atoms with van der Waals surface area (Å²) in [5, 5.41) is 9.22. The van der Waals surface area contributed by atoms with E-state index >= 15 is 0 Å². The molecule has 0 radical (unpaired) electrons. The van der Waals surface area contributed by atoms with Crippen LogP contribution in [0.15, 0.2) is 42.6 Å². The van der Waals surface area contributed by atoms with Gasteiger partial charge in [0.2, 0.25) is 5.91 Å². The molecule has 102 valence electrons. The average molecular weight is 382 g/mol. The lowest BCUT2D eigenvalue weighted by Crippen LogP contribution is -2.26. The average Bonchev–Trinajstić information content (AvgIpc) is 2.39. The summed E-state index contributed by atoms with van der Waals surface area (Å²) >= 11 is 2.13. The number of benzene rings is 1. The third-order valence-electron chi connectivity index (χ3n) is 2.61. The van der Waals surface area contributed by atoms with E-state index in [1.165, 1.54) is 30.2 Å². The van der Waals surface area contributed by atoms with Gasteiger partial charge in [-0.05, 0) is 52.9 Å². The van der Waals surface area contributed by atoms with E-state index in [-0.39, 0.29) is 17.3 Å². The fraction of sp³-hybridized carbons (Fsp3) is 0.0714. The van der Waals surface area contributed by atoms with Gasteiger partial charge < -0.3 is 5.11 Å². The Kier molecular flexibility index (Phi) is 4.33. The highest BCUT2D eigenvalue weighted by molar-refractivity contribution is 14.1. The second-order valence-corrected chi connectivity index (χ2v) is 5.26. The molecule has 0 bridgehead atoms. The molecular formula is C14H11IN2O3. The Hall–Kier alpha value is -1.96. The summed E-state index contributed by atoms with van der Waals surface area (Å²) in [7, 11) is 0. The number of halogens is 1. The van der Waals surface area contributed by atoms with Crippen molar-refractivity contribution in [3.05, 3.63) is 51.7 Å². The molecule has 0 aliphatic rings. The molecule has 0 saturated heterocycles. The Labute approximate surface area is 129 Å². The number of pyridine rings is 1. The number of carbonyl (C=O) groups excluding carboxylic acids is 1. The number of aromatic nitrogens is 1. The first kappa shape index (κ1) is 14.4. The second-order valence-electron chi connectivity index (χ2n) is 4.01. The summed E-state index contributed by atoms with van der Waals surface area (Å²) in [4.78, 5) is 28.5. The first-order valence-electron chi connectivity index (χ1n) is 5.75. The van der Waals surface area contributed by atoms with Crippen LogP contribution >= 0.6 is 22.6 Å². The molecule has 20 heavy (non-hydrogen) atoms. The predicted molar refractivity (Wildman–Crippen MR) is 83.2 cm³/mol. The molecule has 2 rings (SSSR count). The van der Waals surface area contributed by atoms with Gasteiger partial charge in [0, 0.05) is 16.7 Å². The molecule has 2 aromatic rings. The van der Waals surface area contributed by atoms with E-state index in [0.29, 0.717) is 5.69 Å². The number of carboxylic acids is 1. The Morgan fingerprint density at radius 1 is 1.25 bits per heavy atom. The Bertz CT molecular complexity index is 673. The van der Waals surface area contributed by atoms with Gasteiger partial charge in [0.25, 0.3) is 0 Å². The molecule has 0 aliphatic heterocycles. The SMILES string of the molecule is CC(=O)N(c1cccc(I)c1)c1ncccc1C(=O)O. The highest BCUT2D eigenvalue weighted by Gasteiger charge is 2.22. The fourth-order valence-corrected chi connectivity index (χ4v) is 2.34. The monoisotopic (exact) mass is 382 g/mol. The van der Waals surface area contributed by atoms with Crippen LogP contribution in [0.5, 0.6) is 0 Å². The summed E-state index contributed by atoms with van der Waals surface area (Å²) in [6.45, 7) is 1.38. The summed E-state index contributed by atoms with van der Waals surface area (Å²) in [5.74, 6) is -1.30. The quantitative estimate of drug-likeness (QED) is 0.829. The molecule has 1 aromatic heterocycles. The van der Waals surface area contributed by atoms with Crippen molar-refractivity contribution in [3.8, 4) is 0 Å². The molecule has 5 nitrogen and oxygen atoms in total. The van der Waals surface area contributed by atoms with Gasteiger partial charge in [-0.25, -0.2) is 9.78 Å². The summed E-state index contributed by atoms with van der Waals surface area (Å²) in [6, 6.07) is 10.2. The largest absolute Gasteiger partial charge is 0.478 e. The standard InChI is InChI=1S/C14H11IN2O3/c1-9(18)17(11-5-2-4-10(15)8-11)13-12(14(19)20)6-3-7-16-13/h2-8H,1H3,(H,19,20). The first-order chi connectivity index (χ1) is 9.50. The Morgan fingerprint density at radius 2 is 2.00 bits per heavy atom. The van der Waals surface area contributed by atoms with E-state index in [4.69, 9.17) is 0 Å². The van der Waals surface area contributed by atoms with E-state index < -0.39 is 5.97 Å². The summed E-state index contributed by atoms with van der Waals surface area (Å²) in [5.41, 5.74) is 0.576. The van der Waals surface area contributed by atoms with Crippen LogP contribution in [0.2, 0.25) is 0 Å². The molecule has 0 saturated carbocycles. The van der Waals surface area contributed by atoms with E-state index in [1.54, 1.807) is 18.2 Å². The molecule has 0 fully saturated rings. The second kappa shape index (κ2) is 6.00. The lowest BCUT2D eigenvalue weighted by molar-refractivity contribution is -0.115. The van der Waals surface area contributed by atoms with Crippen molar-refractivity contribution in [1.82, 2.24) is 4.98 Å². The predicted octanol–water partition coefficient (Wildman–Crippen LogP) is 3.07. The van der Waals surface area contributed by atoms with E-state index in [1.807, 2.05) is 6.07 Å². The number of amides is 1. The highest BCUT2D eigenvalue weighted by atomic mass is 127. The van der Waals surface area contributed by atoms with E-state index in [2.05, 4.69) is 27.6 Å². The van der Waals surface area contributed by atoms with Crippen LogP contribution in [-0.4, -0.2) is 22.0 Å². The van der Waals surface area contributed by atoms with Gasteiger partial charge in [0.05, 0.1) is 5.69 Å². The number of anilines is 2. The zero-order chi connectivity index (χ0) is 14.7. The van der Waals surface area contributed by atoms with Crippen LogP contribution in [0.25, 0.3) is 0 Å². The van der Waals surface area contributed by atoms with Gasteiger partial charge in [-0.15, -0.1) is 0 Å². The van der Waals surface area contributed by atoms with Crippen LogP contribution < -0.4 is 4.90 Å². The minimum Gasteiger partial charge on any atom is -0.478 e. The molecule has 0 atom stereocenters. The molecule has 6 heteroatoms. The smallest absolute Gasteiger partial charge is 0.339 e. The number of rotatable bonds is 3. The topological polar surface area (TPSA) is 70.5 Å². The van der Waals surface area contributed by atoms with Gasteiger partial charge in [0.1, 0.15) is 5.56 Å². The summed E-state index contributed by atoms with van der Waals surface area (Å²) in [6.07, 6.45) is 1.46. The highest BCUT2D eigenvalue weighted by Crippen LogP contribution is 2.27. The van der Waals surface area contributed by atoms with Gasteiger partial charge in [0.15, 0.2) is 5.82 Å². The Balaban J connectivity index is 2.61. The van der Waals surface area contributed by atoms with E-state index in [0.717, 1.165) is 3.57 Å². The van der Waals surface area contributed by atoms with Crippen LogP contribution in [0.3, 0.4) is 0 Å². The van der Waals surface area contributed by atoms with Crippen molar-refractivity contribution in [2.45, 2.75) is 6.92 Å². The number of carboxylic acid groups (broad SMARTS) is 1. The maximum Gasteiger partial charge on any atom is 0.339 e. The van der Waals surface area contributed by atoms with Gasteiger partial charge in [-0.3, -0.25) is 9.69 Å². The Morgan fingerprint density at radius 3 is 2.60 bits per heavy atom. The number of aromatic carboxylic acids is 1. The molecule has 0 unspecified atom stereocenters. The molecule has 1 aromatic carbocycles. The van der Waals surface area contributed by atoms with Gasteiger partial charge >= 0.3 is 5.97 Å². The van der Waals surface area contributed by atoms with Crippen LogP contribution in [0, 0.1) is 3.57 Å². The van der Waals surface area contributed by atoms with Crippen molar-refractivity contribution in [1.29, 1.82) is 0 Å². The normalized spacial score (nSPS) is 10.1. The minimum absolute atomic E-state index is 0.0124. The van der Waals surface area contributed by atoms with Crippen LogP contribution in [0.1, 0.15) is 17.3 Å². The van der Waals surface area contributed by atoms with Crippen molar-refractivity contribution >= 4 is 46.0 Å². The minimum atomic E-state index is -1.12. The molecule has 1 heterocycles. The molecular weight excluding hydrogens is 371 g/mol. The van der Waals surface area contributed by atoms with Crippen molar-refractivity contribution in [2.24, 2.45) is 0 Å². The number of hydrogen-bond donors (Lipinski definition) is 1. The zero-order valence-electron chi connectivity index (χ0n) is 10.6. The zero-order valence-corrected chi connectivity index (χ0v) is 12.7.